The van der Waals surface area contributed by atoms with Crippen molar-refractivity contribution in [3.63, 3.8) is 0 Å². The monoisotopic (exact) mass is 340 g/mol. The lowest BCUT2D eigenvalue weighted by atomic mass is 10.1. The fourth-order valence-electron chi connectivity index (χ4n) is 2.99. The topological polar surface area (TPSA) is 81.1 Å². The molecule has 1 fully saturated rings. The number of hydrogen-bond acceptors (Lipinski definition) is 4. The van der Waals surface area contributed by atoms with Crippen molar-refractivity contribution in [2.45, 2.75) is 6.42 Å². The number of amides is 2. The van der Waals surface area contributed by atoms with Crippen LogP contribution >= 0.6 is 0 Å². The maximum atomic E-state index is 12.6. The Bertz CT molecular complexity index is 756. The number of phenols is 2. The van der Waals surface area contributed by atoms with E-state index in [2.05, 4.69) is 0 Å². The molecule has 1 heterocycles. The van der Waals surface area contributed by atoms with Crippen LogP contribution in [0.25, 0.3) is 0 Å². The summed E-state index contributed by atoms with van der Waals surface area (Å²) in [4.78, 5) is 28.5. The second kappa shape index (κ2) is 7.25. The van der Waals surface area contributed by atoms with Crippen molar-refractivity contribution in [3.05, 3.63) is 59.7 Å². The molecule has 3 rings (SSSR count). The van der Waals surface area contributed by atoms with Gasteiger partial charge in [0, 0.05) is 43.4 Å². The van der Waals surface area contributed by atoms with E-state index >= 15 is 0 Å². The second-order valence-corrected chi connectivity index (χ2v) is 6.04. The van der Waals surface area contributed by atoms with Gasteiger partial charge in [-0.2, -0.15) is 0 Å². The molecule has 25 heavy (non-hydrogen) atoms. The normalized spacial score (nSPS) is 14.9. The van der Waals surface area contributed by atoms with Gasteiger partial charge in [0.2, 0.25) is 0 Å². The fraction of sp³-hybridized carbons (Fsp3) is 0.263. The number of carbonyl (C=O) groups is 2. The summed E-state index contributed by atoms with van der Waals surface area (Å²) >= 11 is 0. The minimum Gasteiger partial charge on any atom is -0.508 e. The van der Waals surface area contributed by atoms with E-state index in [1.807, 2.05) is 18.2 Å². The fourth-order valence-corrected chi connectivity index (χ4v) is 2.99. The first-order chi connectivity index (χ1) is 12.0. The van der Waals surface area contributed by atoms with Crippen molar-refractivity contribution in [2.24, 2.45) is 0 Å². The average molecular weight is 340 g/mol. The molecule has 2 aromatic rings. The Labute approximate surface area is 145 Å². The average Bonchev–Trinajstić information content (AvgIpc) is 2.86. The van der Waals surface area contributed by atoms with E-state index in [0.717, 1.165) is 0 Å². The Morgan fingerprint density at radius 3 is 1.80 bits per heavy atom. The number of aromatic hydroxyl groups is 2. The van der Waals surface area contributed by atoms with E-state index in [4.69, 9.17) is 0 Å². The molecule has 0 aliphatic carbocycles. The summed E-state index contributed by atoms with van der Waals surface area (Å²) in [5, 5.41) is 19.1. The number of nitrogens with zero attached hydrogens (tertiary/aromatic N) is 2. The lowest BCUT2D eigenvalue weighted by Gasteiger charge is -2.22. The predicted octanol–water partition coefficient (Wildman–Crippen LogP) is 2.09. The molecule has 0 saturated carbocycles. The number of phenolic OH excluding ortho intramolecular Hbond substituents is 2. The minimum absolute atomic E-state index is 0.0371. The highest BCUT2D eigenvalue weighted by atomic mass is 16.3. The largest absolute Gasteiger partial charge is 0.508 e. The number of hydrogen-bond donors (Lipinski definition) is 2. The van der Waals surface area contributed by atoms with Crippen molar-refractivity contribution in [3.8, 4) is 11.5 Å². The van der Waals surface area contributed by atoms with Gasteiger partial charge in [0.05, 0.1) is 0 Å². The Hall–Kier alpha value is -3.02. The van der Waals surface area contributed by atoms with Crippen LogP contribution in [0.3, 0.4) is 0 Å². The zero-order valence-electron chi connectivity index (χ0n) is 13.8. The van der Waals surface area contributed by atoms with Crippen LogP contribution < -0.4 is 0 Å². The molecule has 130 valence electrons. The van der Waals surface area contributed by atoms with E-state index in [9.17, 15) is 19.8 Å². The van der Waals surface area contributed by atoms with Crippen LogP contribution in [0.4, 0.5) is 0 Å². The van der Waals surface area contributed by atoms with E-state index in [1.54, 1.807) is 21.9 Å². The summed E-state index contributed by atoms with van der Waals surface area (Å²) in [5.74, 6) is -0.608. The molecule has 1 aliphatic rings. The third-order valence-corrected chi connectivity index (χ3v) is 4.24. The number of carbonyl (C=O) groups excluding carboxylic acids is 2. The molecule has 0 aromatic heterocycles. The minimum atomic E-state index is -0.264. The first-order valence-electron chi connectivity index (χ1n) is 8.21. The number of rotatable bonds is 2. The van der Waals surface area contributed by atoms with E-state index in [0.29, 0.717) is 38.2 Å². The van der Waals surface area contributed by atoms with Crippen LogP contribution in [0.1, 0.15) is 27.1 Å². The van der Waals surface area contributed by atoms with Crippen LogP contribution in [0.5, 0.6) is 11.5 Å². The highest BCUT2D eigenvalue weighted by Crippen LogP contribution is 2.22. The summed E-state index contributed by atoms with van der Waals surface area (Å²) in [6.45, 7) is 1.97. The van der Waals surface area contributed by atoms with Gasteiger partial charge in [-0.3, -0.25) is 9.59 Å². The van der Waals surface area contributed by atoms with Crippen LogP contribution in [-0.4, -0.2) is 58.0 Å². The van der Waals surface area contributed by atoms with Gasteiger partial charge in [-0.15, -0.1) is 0 Å². The number of benzene rings is 2. The van der Waals surface area contributed by atoms with Crippen LogP contribution in [0, 0.1) is 0 Å². The second-order valence-electron chi connectivity index (χ2n) is 6.04. The van der Waals surface area contributed by atoms with Crippen molar-refractivity contribution < 1.29 is 19.8 Å². The molecule has 0 bridgehead atoms. The first-order valence-corrected chi connectivity index (χ1v) is 8.21. The molecule has 6 nitrogen and oxygen atoms in total. The Morgan fingerprint density at radius 2 is 1.24 bits per heavy atom. The van der Waals surface area contributed by atoms with Gasteiger partial charge in [0.15, 0.2) is 0 Å². The maximum absolute atomic E-state index is 12.6. The molecule has 1 aliphatic heterocycles. The molecule has 0 spiro atoms. The summed E-state index contributed by atoms with van der Waals surface area (Å²) in [6.07, 6.45) is 0.676. The smallest absolute Gasteiger partial charge is 0.254 e. The summed E-state index contributed by atoms with van der Waals surface area (Å²) in [6, 6.07) is 12.9. The van der Waals surface area contributed by atoms with Crippen LogP contribution in [0.2, 0.25) is 0 Å². The molecule has 6 heteroatoms. The van der Waals surface area contributed by atoms with Crippen molar-refractivity contribution >= 4 is 11.8 Å². The zero-order valence-corrected chi connectivity index (χ0v) is 13.8. The molecular formula is C19H20N2O4. The maximum Gasteiger partial charge on any atom is 0.254 e. The highest BCUT2D eigenvalue weighted by molar-refractivity contribution is 5.96. The van der Waals surface area contributed by atoms with Gasteiger partial charge in [0.1, 0.15) is 11.5 Å². The Morgan fingerprint density at radius 1 is 0.720 bits per heavy atom. The summed E-state index contributed by atoms with van der Waals surface area (Å²) in [7, 11) is 0. The van der Waals surface area contributed by atoms with Crippen LogP contribution in [0.15, 0.2) is 48.5 Å². The first kappa shape index (κ1) is 16.8. The van der Waals surface area contributed by atoms with E-state index in [1.165, 1.54) is 18.2 Å². The van der Waals surface area contributed by atoms with E-state index < -0.39 is 0 Å². The van der Waals surface area contributed by atoms with Crippen LogP contribution in [-0.2, 0) is 0 Å². The van der Waals surface area contributed by atoms with E-state index in [-0.39, 0.29) is 28.9 Å². The zero-order chi connectivity index (χ0) is 17.8. The molecular weight excluding hydrogens is 320 g/mol. The molecule has 0 unspecified atom stereocenters. The van der Waals surface area contributed by atoms with Gasteiger partial charge in [-0.25, -0.2) is 0 Å². The standard InChI is InChI=1S/C19H20N2O4/c22-16-11-15(12-17(23)13-16)19(25)21-8-4-7-20(9-10-21)18(24)14-5-2-1-3-6-14/h1-3,5-6,11-13,22-23H,4,7-10H2. The molecule has 2 amide bonds. The molecule has 2 N–H and O–H groups in total. The van der Waals surface area contributed by atoms with Crippen molar-refractivity contribution in [2.75, 3.05) is 26.2 Å². The van der Waals surface area contributed by atoms with Gasteiger partial charge in [0.25, 0.3) is 11.8 Å². The van der Waals surface area contributed by atoms with Gasteiger partial charge in [-0.1, -0.05) is 18.2 Å². The molecule has 0 atom stereocenters. The summed E-state index contributed by atoms with van der Waals surface area (Å²) in [5.41, 5.74) is 0.875. The molecule has 0 radical (unpaired) electrons. The SMILES string of the molecule is O=C(c1ccccc1)N1CCCN(C(=O)c2cc(O)cc(O)c2)CC1. The third-order valence-electron chi connectivity index (χ3n) is 4.24. The van der Waals surface area contributed by atoms with Crippen molar-refractivity contribution in [1.82, 2.24) is 9.80 Å². The van der Waals surface area contributed by atoms with Gasteiger partial charge < -0.3 is 20.0 Å². The van der Waals surface area contributed by atoms with Crippen molar-refractivity contribution in [1.29, 1.82) is 0 Å². The molecule has 1 saturated heterocycles. The quantitative estimate of drug-likeness (QED) is 0.877. The Kier molecular flexibility index (Phi) is 4.88. The van der Waals surface area contributed by atoms with Gasteiger partial charge in [-0.05, 0) is 30.7 Å². The highest BCUT2D eigenvalue weighted by Gasteiger charge is 2.24. The third kappa shape index (κ3) is 3.91. The lowest BCUT2D eigenvalue weighted by molar-refractivity contribution is 0.0718. The van der Waals surface area contributed by atoms with Gasteiger partial charge >= 0.3 is 0 Å². The summed E-state index contributed by atoms with van der Waals surface area (Å²) < 4.78 is 0. The Balaban J connectivity index is 1.69. The molecule has 2 aromatic carbocycles. The lowest BCUT2D eigenvalue weighted by Crippen LogP contribution is -2.37. The predicted molar refractivity (Wildman–Crippen MR) is 92.6 cm³/mol.